The molecule has 1 saturated heterocycles. The van der Waals surface area contributed by atoms with Crippen LogP contribution < -0.4 is 10.1 Å². The highest BCUT2D eigenvalue weighted by Crippen LogP contribution is 2.33. The zero-order valence-electron chi connectivity index (χ0n) is 15.1. The van der Waals surface area contributed by atoms with Crippen LogP contribution in [0, 0.1) is 18.2 Å². The van der Waals surface area contributed by atoms with E-state index in [4.69, 9.17) is 11.2 Å². The number of thioether (sulfide) groups is 1. The Hall–Kier alpha value is -3.57. The second-order valence-corrected chi connectivity index (χ2v) is 6.85. The maximum Gasteiger partial charge on any atom is 0.294 e. The minimum absolute atomic E-state index is 0.0935. The van der Waals surface area contributed by atoms with E-state index in [-0.39, 0.29) is 18.1 Å². The van der Waals surface area contributed by atoms with Gasteiger partial charge in [0.25, 0.3) is 17.1 Å². The molecule has 1 heterocycles. The SMILES string of the molecule is C#CCN1C(=O)S/C(=C\c2ccccc2OCC(=O)Nc2ccc(F)cc2)C1=O. The van der Waals surface area contributed by atoms with Crippen LogP contribution >= 0.6 is 11.8 Å². The summed E-state index contributed by atoms with van der Waals surface area (Å²) in [5.41, 5.74) is 0.976. The van der Waals surface area contributed by atoms with Crippen molar-refractivity contribution in [1.29, 1.82) is 0 Å². The molecule has 29 heavy (non-hydrogen) atoms. The number of rotatable bonds is 6. The number of terminal acetylenes is 1. The molecule has 1 aliphatic rings. The van der Waals surface area contributed by atoms with Gasteiger partial charge in [-0.05, 0) is 48.2 Å². The van der Waals surface area contributed by atoms with Crippen LogP contribution in [0.15, 0.2) is 53.4 Å². The van der Waals surface area contributed by atoms with E-state index in [0.29, 0.717) is 17.0 Å². The van der Waals surface area contributed by atoms with Crippen molar-refractivity contribution < 1.29 is 23.5 Å². The second kappa shape index (κ2) is 9.08. The van der Waals surface area contributed by atoms with Gasteiger partial charge in [-0.1, -0.05) is 24.1 Å². The minimum Gasteiger partial charge on any atom is -0.483 e. The second-order valence-electron chi connectivity index (χ2n) is 5.85. The predicted molar refractivity (Wildman–Crippen MR) is 108 cm³/mol. The normalized spacial score (nSPS) is 14.8. The molecule has 0 aliphatic carbocycles. The number of amides is 3. The monoisotopic (exact) mass is 410 g/mol. The zero-order chi connectivity index (χ0) is 20.8. The largest absolute Gasteiger partial charge is 0.483 e. The Labute approximate surface area is 170 Å². The Morgan fingerprint density at radius 2 is 1.93 bits per heavy atom. The summed E-state index contributed by atoms with van der Waals surface area (Å²) in [7, 11) is 0. The maximum absolute atomic E-state index is 12.9. The van der Waals surface area contributed by atoms with Crippen LogP contribution in [0.3, 0.4) is 0 Å². The molecule has 3 amide bonds. The van der Waals surface area contributed by atoms with Crippen LogP contribution in [0.25, 0.3) is 6.08 Å². The Balaban J connectivity index is 1.69. The van der Waals surface area contributed by atoms with Crippen molar-refractivity contribution in [1.82, 2.24) is 4.90 Å². The van der Waals surface area contributed by atoms with Gasteiger partial charge in [0.15, 0.2) is 6.61 Å². The van der Waals surface area contributed by atoms with Crippen molar-refractivity contribution in [2.24, 2.45) is 0 Å². The fourth-order valence-corrected chi connectivity index (χ4v) is 3.30. The number of carbonyl (C=O) groups excluding carboxylic acids is 3. The van der Waals surface area contributed by atoms with E-state index in [1.54, 1.807) is 24.3 Å². The molecule has 6 nitrogen and oxygen atoms in total. The van der Waals surface area contributed by atoms with Crippen LogP contribution in [0.4, 0.5) is 14.9 Å². The van der Waals surface area contributed by atoms with Gasteiger partial charge in [-0.2, -0.15) is 0 Å². The van der Waals surface area contributed by atoms with E-state index in [1.165, 1.54) is 30.3 Å². The molecule has 2 aromatic rings. The molecular weight excluding hydrogens is 395 g/mol. The number of halogens is 1. The Morgan fingerprint density at radius 3 is 2.66 bits per heavy atom. The average molecular weight is 410 g/mol. The average Bonchev–Trinajstić information content (AvgIpc) is 2.97. The first-order valence-corrected chi connectivity index (χ1v) is 9.25. The molecule has 1 aliphatic heterocycles. The standard InChI is InChI=1S/C21H15FN2O4S/c1-2-11-24-20(26)18(29-21(24)27)12-14-5-3-4-6-17(14)28-13-19(25)23-16-9-7-15(22)8-10-16/h1,3-10,12H,11,13H2,(H,23,25)/b18-12-. The van der Waals surface area contributed by atoms with Gasteiger partial charge < -0.3 is 10.1 Å². The van der Waals surface area contributed by atoms with Crippen molar-refractivity contribution in [3.63, 3.8) is 0 Å². The Kier molecular flexibility index (Phi) is 6.32. The first-order valence-electron chi connectivity index (χ1n) is 8.44. The van der Waals surface area contributed by atoms with Crippen LogP contribution in [-0.4, -0.2) is 35.1 Å². The molecule has 0 aromatic heterocycles. The molecular formula is C21H15FN2O4S. The summed E-state index contributed by atoms with van der Waals surface area (Å²) in [5, 5.41) is 2.16. The van der Waals surface area contributed by atoms with Gasteiger partial charge in [-0.15, -0.1) is 6.42 Å². The smallest absolute Gasteiger partial charge is 0.294 e. The quantitative estimate of drug-likeness (QED) is 0.583. The van der Waals surface area contributed by atoms with E-state index >= 15 is 0 Å². The number of hydrogen-bond donors (Lipinski definition) is 1. The zero-order valence-corrected chi connectivity index (χ0v) is 15.9. The molecule has 0 saturated carbocycles. The lowest BCUT2D eigenvalue weighted by Gasteiger charge is -2.10. The summed E-state index contributed by atoms with van der Waals surface area (Å²) in [6.45, 7) is -0.384. The molecule has 146 valence electrons. The Bertz CT molecular complexity index is 1030. The van der Waals surface area contributed by atoms with E-state index in [2.05, 4.69) is 11.2 Å². The number of benzene rings is 2. The van der Waals surface area contributed by atoms with Crippen molar-refractivity contribution in [2.45, 2.75) is 0 Å². The van der Waals surface area contributed by atoms with Crippen LogP contribution in [0.5, 0.6) is 5.75 Å². The number of anilines is 1. The number of imide groups is 1. The van der Waals surface area contributed by atoms with E-state index in [1.807, 2.05) is 0 Å². The number of ether oxygens (including phenoxy) is 1. The molecule has 0 bridgehead atoms. The number of carbonyl (C=O) groups is 3. The van der Waals surface area contributed by atoms with Crippen molar-refractivity contribution in [2.75, 3.05) is 18.5 Å². The topological polar surface area (TPSA) is 75.7 Å². The van der Waals surface area contributed by atoms with Crippen molar-refractivity contribution in [3.05, 3.63) is 64.8 Å². The van der Waals surface area contributed by atoms with Gasteiger partial charge in [0.1, 0.15) is 11.6 Å². The highest BCUT2D eigenvalue weighted by atomic mass is 32.2. The first-order chi connectivity index (χ1) is 14.0. The fourth-order valence-electron chi connectivity index (χ4n) is 2.47. The summed E-state index contributed by atoms with van der Waals surface area (Å²) < 4.78 is 18.5. The highest BCUT2D eigenvalue weighted by molar-refractivity contribution is 8.18. The van der Waals surface area contributed by atoms with Gasteiger partial charge in [-0.25, -0.2) is 4.39 Å². The summed E-state index contributed by atoms with van der Waals surface area (Å²) >= 11 is 0.790. The van der Waals surface area contributed by atoms with Gasteiger partial charge in [0, 0.05) is 11.3 Å². The number of hydrogen-bond acceptors (Lipinski definition) is 5. The summed E-state index contributed by atoms with van der Waals surface area (Å²) in [4.78, 5) is 37.5. The lowest BCUT2D eigenvalue weighted by Crippen LogP contribution is -2.28. The van der Waals surface area contributed by atoms with Crippen LogP contribution in [0.2, 0.25) is 0 Å². The molecule has 0 spiro atoms. The van der Waals surface area contributed by atoms with Crippen LogP contribution in [0.1, 0.15) is 5.56 Å². The van der Waals surface area contributed by atoms with Gasteiger partial charge in [0.2, 0.25) is 0 Å². The highest BCUT2D eigenvalue weighted by Gasteiger charge is 2.34. The maximum atomic E-state index is 12.9. The Morgan fingerprint density at radius 1 is 1.21 bits per heavy atom. The molecule has 1 fully saturated rings. The van der Waals surface area contributed by atoms with E-state index in [0.717, 1.165) is 16.7 Å². The number of nitrogens with zero attached hydrogens (tertiary/aromatic N) is 1. The molecule has 0 atom stereocenters. The summed E-state index contributed by atoms with van der Waals surface area (Å²) in [5.74, 6) is 1.34. The third-order valence-electron chi connectivity index (χ3n) is 3.82. The van der Waals surface area contributed by atoms with Crippen molar-refractivity contribution in [3.8, 4) is 18.1 Å². The molecule has 0 unspecified atom stereocenters. The number of para-hydroxylation sites is 1. The molecule has 8 heteroatoms. The molecule has 1 N–H and O–H groups in total. The van der Waals surface area contributed by atoms with Crippen LogP contribution in [-0.2, 0) is 9.59 Å². The molecule has 0 radical (unpaired) electrons. The van der Waals surface area contributed by atoms with E-state index in [9.17, 15) is 18.8 Å². The fraction of sp³-hybridized carbons (Fsp3) is 0.0952. The molecule has 2 aromatic carbocycles. The lowest BCUT2D eigenvalue weighted by molar-refractivity contribution is -0.122. The van der Waals surface area contributed by atoms with E-state index < -0.39 is 22.9 Å². The third-order valence-corrected chi connectivity index (χ3v) is 4.72. The number of nitrogens with one attached hydrogen (secondary N) is 1. The molecule has 3 rings (SSSR count). The predicted octanol–water partition coefficient (Wildman–Crippen LogP) is 3.51. The lowest BCUT2D eigenvalue weighted by atomic mass is 10.2. The van der Waals surface area contributed by atoms with Gasteiger partial charge >= 0.3 is 0 Å². The third kappa shape index (κ3) is 5.03. The minimum atomic E-state index is -0.471. The summed E-state index contributed by atoms with van der Waals surface area (Å²) in [6.07, 6.45) is 6.71. The van der Waals surface area contributed by atoms with Gasteiger partial charge in [0.05, 0.1) is 11.4 Å². The summed E-state index contributed by atoms with van der Waals surface area (Å²) in [6, 6.07) is 12.1. The first kappa shape index (κ1) is 20.2. The van der Waals surface area contributed by atoms with Gasteiger partial charge in [-0.3, -0.25) is 19.3 Å². The van der Waals surface area contributed by atoms with Crippen molar-refractivity contribution >= 4 is 40.6 Å².